The summed E-state index contributed by atoms with van der Waals surface area (Å²) in [6.07, 6.45) is -0.196. The van der Waals surface area contributed by atoms with Crippen LogP contribution in [0.3, 0.4) is 0 Å². The SMILES string of the molecule is COc1cc2c(cc1-c1c(C)noc1C)NC1N=C(C)N=C(Nc3cc4c(cc3-c3ccccc3)OCCN4C)C21. The van der Waals surface area contributed by atoms with Crippen LogP contribution in [-0.2, 0) is 0 Å². The number of amidine groups is 2. The molecule has 4 heterocycles. The lowest BCUT2D eigenvalue weighted by atomic mass is 9.92. The summed E-state index contributed by atoms with van der Waals surface area (Å²) in [4.78, 5) is 12.0. The fraction of sp³-hybridized carbons (Fsp3) is 0.281. The monoisotopic (exact) mass is 548 g/mol. The number of likely N-dealkylation sites (N-methyl/N-ethyl adjacent to an activating group) is 1. The molecule has 2 N–H and O–H groups in total. The Morgan fingerprint density at radius 2 is 1.88 bits per heavy atom. The van der Waals surface area contributed by atoms with Crippen molar-refractivity contribution in [1.29, 1.82) is 0 Å². The first-order valence-electron chi connectivity index (χ1n) is 13.8. The number of ether oxygens (including phenoxy) is 2. The van der Waals surface area contributed by atoms with Gasteiger partial charge in [-0.25, -0.2) is 9.98 Å². The van der Waals surface area contributed by atoms with E-state index < -0.39 is 0 Å². The standard InChI is InChI=1S/C32H32N6O3/c1-17-29(18(2)41-37-17)23-13-24-22(15-27(23)39-5)30-31(35-24)33-19(3)34-32(30)36-25-16-26-28(40-12-11-38(26)4)14-21(25)20-9-7-6-8-10-20/h6-10,13-16,30-31,35H,11-12H2,1-5H3,(H,33,34,36). The number of anilines is 3. The van der Waals surface area contributed by atoms with Gasteiger partial charge in [0.25, 0.3) is 0 Å². The Hall–Kier alpha value is -4.79. The maximum Gasteiger partial charge on any atom is 0.143 e. The molecule has 9 heteroatoms. The fourth-order valence-corrected chi connectivity index (χ4v) is 6.10. The maximum atomic E-state index is 6.06. The average molecular weight is 549 g/mol. The summed E-state index contributed by atoms with van der Waals surface area (Å²) < 4.78 is 17.4. The molecule has 0 amide bonds. The van der Waals surface area contributed by atoms with Gasteiger partial charge in [0.2, 0.25) is 0 Å². The van der Waals surface area contributed by atoms with Crippen molar-refractivity contribution in [2.24, 2.45) is 9.98 Å². The van der Waals surface area contributed by atoms with Gasteiger partial charge in [-0.15, -0.1) is 0 Å². The molecule has 0 aliphatic carbocycles. The first kappa shape index (κ1) is 25.2. The minimum absolute atomic E-state index is 0.130. The van der Waals surface area contributed by atoms with Crippen LogP contribution >= 0.6 is 0 Å². The van der Waals surface area contributed by atoms with E-state index in [9.17, 15) is 0 Å². The smallest absolute Gasteiger partial charge is 0.143 e. The summed E-state index contributed by atoms with van der Waals surface area (Å²) in [5.41, 5.74) is 8.93. The van der Waals surface area contributed by atoms with E-state index in [0.29, 0.717) is 12.4 Å². The number of aryl methyl sites for hydroxylation is 2. The highest BCUT2D eigenvalue weighted by Crippen LogP contribution is 2.47. The zero-order valence-corrected chi connectivity index (χ0v) is 23.8. The Balaban J connectivity index is 1.33. The molecule has 3 aliphatic heterocycles. The van der Waals surface area contributed by atoms with Crippen LogP contribution in [0.15, 0.2) is 69.1 Å². The van der Waals surface area contributed by atoms with Crippen LogP contribution in [0.25, 0.3) is 22.3 Å². The number of methoxy groups -OCH3 is 1. The molecule has 3 aromatic carbocycles. The summed E-state index contributed by atoms with van der Waals surface area (Å²) >= 11 is 0. The van der Waals surface area contributed by atoms with Crippen molar-refractivity contribution >= 4 is 28.7 Å². The molecular weight excluding hydrogens is 516 g/mol. The van der Waals surface area contributed by atoms with Gasteiger partial charge in [-0.3, -0.25) is 0 Å². The van der Waals surface area contributed by atoms with Gasteiger partial charge in [-0.1, -0.05) is 35.5 Å². The van der Waals surface area contributed by atoms with Gasteiger partial charge >= 0.3 is 0 Å². The molecule has 4 aromatic rings. The van der Waals surface area contributed by atoms with Crippen molar-refractivity contribution < 1.29 is 14.0 Å². The number of rotatable bonds is 4. The average Bonchev–Trinajstić information content (AvgIpc) is 3.50. The number of hydrogen-bond donors (Lipinski definition) is 2. The van der Waals surface area contributed by atoms with E-state index >= 15 is 0 Å². The molecule has 1 aromatic heterocycles. The fourth-order valence-electron chi connectivity index (χ4n) is 6.10. The Bertz CT molecular complexity index is 1710. The molecule has 2 unspecified atom stereocenters. The number of aliphatic imine (C=N–C) groups is 2. The summed E-state index contributed by atoms with van der Waals surface area (Å²) in [5.74, 6) is 3.81. The van der Waals surface area contributed by atoms with Crippen molar-refractivity contribution in [2.75, 3.05) is 42.8 Å². The zero-order valence-electron chi connectivity index (χ0n) is 23.8. The summed E-state index contributed by atoms with van der Waals surface area (Å²) in [6, 6.07) is 18.9. The molecule has 7 rings (SSSR count). The number of nitrogens with one attached hydrogen (secondary N) is 2. The quantitative estimate of drug-likeness (QED) is 0.312. The van der Waals surface area contributed by atoms with Crippen molar-refractivity contribution in [3.63, 3.8) is 0 Å². The van der Waals surface area contributed by atoms with Gasteiger partial charge in [0.15, 0.2) is 0 Å². The lowest BCUT2D eigenvalue weighted by Crippen LogP contribution is -2.34. The number of fused-ring (bicyclic) bond motifs is 4. The number of hydrogen-bond acceptors (Lipinski definition) is 9. The van der Waals surface area contributed by atoms with Crippen LogP contribution in [0.1, 0.15) is 29.9 Å². The van der Waals surface area contributed by atoms with Gasteiger partial charge < -0.3 is 29.5 Å². The Morgan fingerprint density at radius 1 is 1.05 bits per heavy atom. The summed E-state index contributed by atoms with van der Waals surface area (Å²) in [7, 11) is 3.79. The summed E-state index contributed by atoms with van der Waals surface area (Å²) in [6.45, 7) is 7.29. The van der Waals surface area contributed by atoms with Crippen LogP contribution in [0.5, 0.6) is 11.5 Å². The largest absolute Gasteiger partial charge is 0.496 e. The molecule has 208 valence electrons. The highest BCUT2D eigenvalue weighted by atomic mass is 16.5. The highest BCUT2D eigenvalue weighted by molar-refractivity contribution is 6.12. The van der Waals surface area contributed by atoms with Crippen molar-refractivity contribution in [3.8, 4) is 33.8 Å². The zero-order chi connectivity index (χ0) is 28.2. The van der Waals surface area contributed by atoms with Gasteiger partial charge in [0.05, 0.1) is 36.5 Å². The van der Waals surface area contributed by atoms with Crippen LogP contribution in [-0.4, -0.2) is 50.3 Å². The normalized spacial score (nSPS) is 18.8. The first-order valence-corrected chi connectivity index (χ1v) is 13.8. The van der Waals surface area contributed by atoms with E-state index in [1.807, 2.05) is 26.8 Å². The van der Waals surface area contributed by atoms with E-state index in [4.69, 9.17) is 24.0 Å². The number of benzene rings is 3. The number of aromatic nitrogens is 1. The molecular formula is C32H32N6O3. The molecule has 2 atom stereocenters. The van der Waals surface area contributed by atoms with Gasteiger partial charge in [-0.05, 0) is 56.2 Å². The maximum absolute atomic E-state index is 6.06. The van der Waals surface area contributed by atoms with Crippen LogP contribution < -0.4 is 25.0 Å². The molecule has 0 saturated carbocycles. The molecule has 0 saturated heterocycles. The van der Waals surface area contributed by atoms with Crippen LogP contribution in [0.4, 0.5) is 17.1 Å². The van der Waals surface area contributed by atoms with Crippen molar-refractivity contribution in [1.82, 2.24) is 5.16 Å². The van der Waals surface area contributed by atoms with E-state index in [2.05, 4.69) is 76.3 Å². The minimum atomic E-state index is -0.196. The lowest BCUT2D eigenvalue weighted by Gasteiger charge is -2.30. The topological polar surface area (TPSA) is 96.5 Å². The van der Waals surface area contributed by atoms with E-state index in [1.54, 1.807) is 7.11 Å². The molecule has 0 radical (unpaired) electrons. The summed E-state index contributed by atoms with van der Waals surface area (Å²) in [5, 5.41) is 11.5. The molecule has 41 heavy (non-hydrogen) atoms. The second kappa shape index (κ2) is 9.69. The Kier molecular flexibility index (Phi) is 5.96. The molecule has 0 fully saturated rings. The third kappa shape index (κ3) is 4.20. The Labute approximate surface area is 238 Å². The van der Waals surface area contributed by atoms with Crippen molar-refractivity contribution in [2.45, 2.75) is 32.9 Å². The number of nitrogens with zero attached hydrogens (tertiary/aromatic N) is 4. The molecule has 9 nitrogen and oxygen atoms in total. The highest BCUT2D eigenvalue weighted by Gasteiger charge is 2.40. The van der Waals surface area contributed by atoms with Crippen LogP contribution in [0.2, 0.25) is 0 Å². The van der Waals surface area contributed by atoms with E-state index in [1.165, 1.54) is 0 Å². The predicted molar refractivity (Wildman–Crippen MR) is 163 cm³/mol. The molecule has 0 bridgehead atoms. The first-order chi connectivity index (χ1) is 19.9. The van der Waals surface area contributed by atoms with Crippen LogP contribution in [0, 0.1) is 13.8 Å². The lowest BCUT2D eigenvalue weighted by molar-refractivity contribution is 0.311. The second-order valence-corrected chi connectivity index (χ2v) is 10.7. The van der Waals surface area contributed by atoms with Gasteiger partial charge in [-0.2, -0.15) is 0 Å². The van der Waals surface area contributed by atoms with Gasteiger partial charge in [0, 0.05) is 29.5 Å². The van der Waals surface area contributed by atoms with E-state index in [0.717, 1.165) is 80.2 Å². The Morgan fingerprint density at radius 3 is 2.63 bits per heavy atom. The van der Waals surface area contributed by atoms with Gasteiger partial charge in [0.1, 0.15) is 41.7 Å². The molecule has 0 spiro atoms. The third-order valence-corrected chi connectivity index (χ3v) is 8.07. The molecule has 3 aliphatic rings. The third-order valence-electron chi connectivity index (χ3n) is 8.07. The second-order valence-electron chi connectivity index (χ2n) is 10.7. The minimum Gasteiger partial charge on any atom is -0.496 e. The van der Waals surface area contributed by atoms with E-state index in [-0.39, 0.29) is 12.1 Å². The van der Waals surface area contributed by atoms with Crippen molar-refractivity contribution in [3.05, 3.63) is 71.6 Å². The predicted octanol–water partition coefficient (Wildman–Crippen LogP) is 6.24.